The Labute approximate surface area is 127 Å². The van der Waals surface area contributed by atoms with Crippen LogP contribution in [0, 0.1) is 3.57 Å². The third-order valence-corrected chi connectivity index (χ3v) is 4.08. The zero-order chi connectivity index (χ0) is 14.5. The van der Waals surface area contributed by atoms with Crippen LogP contribution in [0.2, 0.25) is 0 Å². The summed E-state index contributed by atoms with van der Waals surface area (Å²) < 4.78 is 11.6. The second-order valence-electron chi connectivity index (χ2n) is 4.88. The van der Waals surface area contributed by atoms with Crippen LogP contribution in [-0.2, 0) is 9.47 Å². The van der Waals surface area contributed by atoms with E-state index in [9.17, 15) is 4.79 Å². The van der Waals surface area contributed by atoms with E-state index in [-0.39, 0.29) is 5.92 Å². The second kappa shape index (κ2) is 7.09. The molecule has 0 heterocycles. The van der Waals surface area contributed by atoms with Crippen molar-refractivity contribution in [3.63, 3.8) is 0 Å². The second-order valence-corrected chi connectivity index (χ2v) is 6.04. The molecule has 0 aliphatic heterocycles. The minimum absolute atomic E-state index is 0.0352. The van der Waals surface area contributed by atoms with Gasteiger partial charge in [0.1, 0.15) is 5.60 Å². The first-order valence-electron chi connectivity index (χ1n) is 6.10. The molecule has 2 N–H and O–H groups in total. The molecule has 0 aliphatic rings. The molecular weight excluding hydrogens is 357 g/mol. The van der Waals surface area contributed by atoms with Crippen molar-refractivity contribution in [3.05, 3.63) is 33.4 Å². The van der Waals surface area contributed by atoms with E-state index in [1.54, 1.807) is 7.11 Å². The number of primary amides is 1. The van der Waals surface area contributed by atoms with Crippen LogP contribution < -0.4 is 5.73 Å². The van der Waals surface area contributed by atoms with Gasteiger partial charge in [0, 0.05) is 23.2 Å². The maximum Gasteiger partial charge on any atom is 0.405 e. The molecule has 4 nitrogen and oxygen atoms in total. The van der Waals surface area contributed by atoms with Gasteiger partial charge in [-0.25, -0.2) is 4.79 Å². The van der Waals surface area contributed by atoms with E-state index in [1.165, 1.54) is 0 Å². The van der Waals surface area contributed by atoms with Gasteiger partial charge in [-0.1, -0.05) is 18.2 Å². The lowest BCUT2D eigenvalue weighted by atomic mass is 9.82. The Balaban J connectivity index is 3.07. The monoisotopic (exact) mass is 377 g/mol. The van der Waals surface area contributed by atoms with Crippen molar-refractivity contribution in [3.8, 4) is 0 Å². The Morgan fingerprint density at radius 2 is 2.05 bits per heavy atom. The molecule has 1 rings (SSSR count). The molecule has 1 aromatic carbocycles. The highest BCUT2D eigenvalue weighted by Crippen LogP contribution is 2.36. The number of carbonyl (C=O) groups is 1. The summed E-state index contributed by atoms with van der Waals surface area (Å²) in [4.78, 5) is 11.1. The van der Waals surface area contributed by atoms with E-state index in [1.807, 2.05) is 38.1 Å². The molecule has 1 aromatic rings. The number of methoxy groups -OCH3 is 1. The summed E-state index contributed by atoms with van der Waals surface area (Å²) in [5, 5.41) is 0. The molecule has 106 valence electrons. The molecule has 0 unspecified atom stereocenters. The number of rotatable bonds is 6. The molecule has 19 heavy (non-hydrogen) atoms. The van der Waals surface area contributed by atoms with Crippen LogP contribution in [-0.4, -0.2) is 25.4 Å². The lowest BCUT2D eigenvalue weighted by molar-refractivity contribution is 0.0147. The molecule has 0 radical (unpaired) electrons. The molecule has 0 spiro atoms. The smallest absolute Gasteiger partial charge is 0.405 e. The van der Waals surface area contributed by atoms with E-state index < -0.39 is 11.7 Å². The first-order valence-corrected chi connectivity index (χ1v) is 7.18. The molecule has 5 heteroatoms. The quantitative estimate of drug-likeness (QED) is 0.774. The fourth-order valence-electron chi connectivity index (χ4n) is 2.20. The van der Waals surface area contributed by atoms with E-state index in [0.29, 0.717) is 6.61 Å². The van der Waals surface area contributed by atoms with Crippen LogP contribution >= 0.6 is 22.6 Å². The SMILES string of the molecule is COCC[C@@H](c1ccccc1I)C(C)(C)OC(N)=O. The Morgan fingerprint density at radius 3 is 2.58 bits per heavy atom. The van der Waals surface area contributed by atoms with E-state index in [0.717, 1.165) is 15.6 Å². The van der Waals surface area contributed by atoms with Gasteiger partial charge in [-0.15, -0.1) is 0 Å². The minimum atomic E-state index is -0.752. The summed E-state index contributed by atoms with van der Waals surface area (Å²) >= 11 is 2.29. The van der Waals surface area contributed by atoms with E-state index in [4.69, 9.17) is 15.2 Å². The van der Waals surface area contributed by atoms with Crippen LogP contribution in [0.5, 0.6) is 0 Å². The van der Waals surface area contributed by atoms with Crippen LogP contribution in [0.4, 0.5) is 4.79 Å². The third kappa shape index (κ3) is 4.65. The van der Waals surface area contributed by atoms with Crippen molar-refractivity contribution < 1.29 is 14.3 Å². The lowest BCUT2D eigenvalue weighted by Crippen LogP contribution is -2.38. The van der Waals surface area contributed by atoms with Gasteiger partial charge in [-0.3, -0.25) is 0 Å². The summed E-state index contributed by atoms with van der Waals surface area (Å²) in [5.41, 5.74) is 5.64. The minimum Gasteiger partial charge on any atom is -0.443 e. The number of amides is 1. The average Bonchev–Trinajstić information content (AvgIpc) is 2.29. The predicted octanol–water partition coefficient (Wildman–Crippen LogP) is 3.29. The highest BCUT2D eigenvalue weighted by molar-refractivity contribution is 14.1. The molecule has 0 aliphatic carbocycles. The average molecular weight is 377 g/mol. The molecule has 0 saturated heterocycles. The molecule has 0 saturated carbocycles. The van der Waals surface area contributed by atoms with Gasteiger partial charge >= 0.3 is 6.09 Å². The summed E-state index contributed by atoms with van der Waals surface area (Å²) in [6.07, 6.45) is 0.00919. The molecule has 0 aromatic heterocycles. The topological polar surface area (TPSA) is 61.6 Å². The molecule has 0 fully saturated rings. The van der Waals surface area contributed by atoms with Gasteiger partial charge in [-0.2, -0.15) is 0 Å². The Bertz CT molecular complexity index is 434. The summed E-state index contributed by atoms with van der Waals surface area (Å²) in [6.45, 7) is 4.35. The van der Waals surface area contributed by atoms with Gasteiger partial charge in [-0.05, 0) is 54.5 Å². The summed E-state index contributed by atoms with van der Waals surface area (Å²) in [6, 6.07) is 8.06. The van der Waals surface area contributed by atoms with E-state index in [2.05, 4.69) is 22.6 Å². The third-order valence-electron chi connectivity index (χ3n) is 3.09. The number of halogens is 1. The first kappa shape index (κ1) is 16.2. The fraction of sp³-hybridized carbons (Fsp3) is 0.500. The Hall–Kier alpha value is -0.820. The zero-order valence-electron chi connectivity index (χ0n) is 11.5. The van der Waals surface area contributed by atoms with Crippen LogP contribution in [0.25, 0.3) is 0 Å². The van der Waals surface area contributed by atoms with Crippen molar-refractivity contribution >= 4 is 28.7 Å². The fourth-order valence-corrected chi connectivity index (χ4v) is 2.96. The highest BCUT2D eigenvalue weighted by atomic mass is 127. The van der Waals surface area contributed by atoms with Gasteiger partial charge in [0.05, 0.1) is 0 Å². The standard InChI is InChI=1S/C14H20INO3/c1-14(2,19-13(16)17)11(8-9-18-3)10-6-4-5-7-12(10)15/h4-7,11H,8-9H2,1-3H3,(H2,16,17)/t11-/m0/s1. The molecular formula is C14H20INO3. The number of hydrogen-bond acceptors (Lipinski definition) is 3. The van der Waals surface area contributed by atoms with Crippen LogP contribution in [0.15, 0.2) is 24.3 Å². The van der Waals surface area contributed by atoms with Crippen LogP contribution in [0.3, 0.4) is 0 Å². The van der Waals surface area contributed by atoms with E-state index >= 15 is 0 Å². The number of carbonyl (C=O) groups excluding carboxylic acids is 1. The maximum absolute atomic E-state index is 11.1. The zero-order valence-corrected chi connectivity index (χ0v) is 13.6. The molecule has 0 bridgehead atoms. The lowest BCUT2D eigenvalue weighted by Gasteiger charge is -2.34. The maximum atomic E-state index is 11.1. The molecule has 1 atom stereocenters. The Kier molecular flexibility index (Phi) is 6.06. The van der Waals surface area contributed by atoms with Crippen LogP contribution in [0.1, 0.15) is 31.7 Å². The van der Waals surface area contributed by atoms with Gasteiger partial charge < -0.3 is 15.2 Å². The van der Waals surface area contributed by atoms with Crippen molar-refractivity contribution in [2.45, 2.75) is 31.8 Å². The number of benzene rings is 1. The van der Waals surface area contributed by atoms with Crippen molar-refractivity contribution in [1.82, 2.24) is 0 Å². The largest absolute Gasteiger partial charge is 0.443 e. The van der Waals surface area contributed by atoms with Crippen molar-refractivity contribution in [2.75, 3.05) is 13.7 Å². The molecule has 1 amide bonds. The number of hydrogen-bond donors (Lipinski definition) is 1. The number of ether oxygens (including phenoxy) is 2. The summed E-state index contributed by atoms with van der Waals surface area (Å²) in [7, 11) is 1.66. The Morgan fingerprint density at radius 1 is 1.42 bits per heavy atom. The predicted molar refractivity (Wildman–Crippen MR) is 83.1 cm³/mol. The highest BCUT2D eigenvalue weighted by Gasteiger charge is 2.34. The summed E-state index contributed by atoms with van der Waals surface area (Å²) in [5.74, 6) is 0.0352. The van der Waals surface area contributed by atoms with Crippen molar-refractivity contribution in [1.29, 1.82) is 0 Å². The first-order chi connectivity index (χ1) is 8.88. The van der Waals surface area contributed by atoms with Gasteiger partial charge in [0.2, 0.25) is 0 Å². The normalized spacial score (nSPS) is 13.1. The van der Waals surface area contributed by atoms with Crippen molar-refractivity contribution in [2.24, 2.45) is 5.73 Å². The number of nitrogens with two attached hydrogens (primary N) is 1. The van der Waals surface area contributed by atoms with Gasteiger partial charge in [0.15, 0.2) is 0 Å². The van der Waals surface area contributed by atoms with Gasteiger partial charge in [0.25, 0.3) is 0 Å².